The van der Waals surface area contributed by atoms with Gasteiger partial charge >= 0.3 is 0 Å². The van der Waals surface area contributed by atoms with E-state index in [0.29, 0.717) is 6.61 Å². The van der Waals surface area contributed by atoms with Gasteiger partial charge in [0.15, 0.2) is 0 Å². The summed E-state index contributed by atoms with van der Waals surface area (Å²) < 4.78 is 5.78. The fourth-order valence-electron chi connectivity index (χ4n) is 3.02. The third-order valence-corrected chi connectivity index (χ3v) is 5.89. The van der Waals surface area contributed by atoms with E-state index in [0.717, 1.165) is 31.8 Å². The number of aryl methyl sites for hydroxylation is 1. The number of likely N-dealkylation sites (N-methyl/N-ethyl adjacent to an activating group) is 1. The summed E-state index contributed by atoms with van der Waals surface area (Å²) in [7, 11) is 1.99. The van der Waals surface area contributed by atoms with Gasteiger partial charge in [-0.1, -0.05) is 17.7 Å². The summed E-state index contributed by atoms with van der Waals surface area (Å²) in [5.74, 6) is 1.08. The van der Waals surface area contributed by atoms with Crippen molar-refractivity contribution in [1.29, 1.82) is 0 Å². The maximum absolute atomic E-state index is 12.8. The van der Waals surface area contributed by atoms with Crippen molar-refractivity contribution < 1.29 is 9.53 Å². The maximum atomic E-state index is 12.8. The predicted octanol–water partition coefficient (Wildman–Crippen LogP) is 3.34. The van der Waals surface area contributed by atoms with E-state index >= 15 is 0 Å². The average Bonchev–Trinajstić information content (AvgIpc) is 3.09. The summed E-state index contributed by atoms with van der Waals surface area (Å²) in [5, 5.41) is 2.12. The van der Waals surface area contributed by atoms with Gasteiger partial charge in [-0.15, -0.1) is 11.3 Å². The topological polar surface area (TPSA) is 32.8 Å². The second kappa shape index (κ2) is 8.02. The van der Waals surface area contributed by atoms with E-state index in [1.807, 2.05) is 43.1 Å². The van der Waals surface area contributed by atoms with Crippen LogP contribution in [0.1, 0.15) is 22.9 Å². The van der Waals surface area contributed by atoms with Crippen molar-refractivity contribution >= 4 is 17.2 Å². The maximum Gasteiger partial charge on any atom is 0.239 e. The number of carbonyl (C=O) groups excluding carboxylic acids is 1. The highest BCUT2D eigenvalue weighted by molar-refractivity contribution is 7.10. The molecule has 5 heteroatoms. The lowest BCUT2D eigenvalue weighted by molar-refractivity contribution is -0.137. The summed E-state index contributed by atoms with van der Waals surface area (Å²) in [4.78, 5) is 18.3. The number of amides is 1. The number of thiophene rings is 1. The van der Waals surface area contributed by atoms with Crippen LogP contribution in [0.2, 0.25) is 0 Å². The molecule has 4 nitrogen and oxygen atoms in total. The van der Waals surface area contributed by atoms with Crippen LogP contribution in [0.5, 0.6) is 5.75 Å². The van der Waals surface area contributed by atoms with Crippen LogP contribution in [0.15, 0.2) is 35.7 Å². The van der Waals surface area contributed by atoms with E-state index in [1.165, 1.54) is 16.0 Å². The van der Waals surface area contributed by atoms with Crippen molar-refractivity contribution in [2.45, 2.75) is 32.9 Å². The fraction of sp³-hybridized carbons (Fsp3) is 0.450. The number of nitrogens with zero attached hydrogens (tertiary/aromatic N) is 2. The summed E-state index contributed by atoms with van der Waals surface area (Å²) in [6, 6.07) is 10.1. The highest BCUT2D eigenvalue weighted by Crippen LogP contribution is 2.24. The van der Waals surface area contributed by atoms with E-state index < -0.39 is 0 Å². The van der Waals surface area contributed by atoms with Crippen molar-refractivity contribution in [2.24, 2.45) is 0 Å². The van der Waals surface area contributed by atoms with Gasteiger partial charge in [0, 0.05) is 24.5 Å². The highest BCUT2D eigenvalue weighted by Gasteiger charge is 2.27. The Morgan fingerprint density at radius 2 is 2.08 bits per heavy atom. The third kappa shape index (κ3) is 4.41. The molecule has 3 rings (SSSR count). The van der Waals surface area contributed by atoms with Crippen molar-refractivity contribution in [1.82, 2.24) is 9.80 Å². The molecule has 0 saturated carbocycles. The Bertz CT molecular complexity index is 711. The number of hydrogen-bond acceptors (Lipinski definition) is 4. The number of hydrogen-bond donors (Lipinski definition) is 0. The van der Waals surface area contributed by atoms with Gasteiger partial charge in [-0.25, -0.2) is 0 Å². The molecule has 2 aromatic rings. The van der Waals surface area contributed by atoms with Crippen LogP contribution < -0.4 is 4.74 Å². The fourth-order valence-corrected chi connectivity index (χ4v) is 3.91. The monoisotopic (exact) mass is 358 g/mol. The number of ether oxygens (including phenoxy) is 1. The minimum atomic E-state index is -0.137. The van der Waals surface area contributed by atoms with E-state index in [-0.39, 0.29) is 11.9 Å². The summed E-state index contributed by atoms with van der Waals surface area (Å²) in [6.45, 7) is 6.91. The molecule has 0 spiro atoms. The van der Waals surface area contributed by atoms with Gasteiger partial charge in [0.2, 0.25) is 5.91 Å². The van der Waals surface area contributed by atoms with Gasteiger partial charge in [0.1, 0.15) is 12.4 Å². The third-order valence-electron chi connectivity index (χ3n) is 4.87. The zero-order valence-electron chi connectivity index (χ0n) is 15.2. The SMILES string of the molecule is Cc1ccc(OCCN(C)C(C)C(=O)N2CCc3sccc3C2)cc1. The van der Waals surface area contributed by atoms with E-state index in [1.54, 1.807) is 11.3 Å². The molecule has 1 atom stereocenters. The second-order valence-corrected chi connectivity index (χ2v) is 7.70. The molecular formula is C20H26N2O2S. The van der Waals surface area contributed by atoms with Gasteiger partial charge < -0.3 is 9.64 Å². The molecule has 0 bridgehead atoms. The van der Waals surface area contributed by atoms with E-state index in [2.05, 4.69) is 23.3 Å². The van der Waals surface area contributed by atoms with Crippen LogP contribution in [0.3, 0.4) is 0 Å². The summed E-state index contributed by atoms with van der Waals surface area (Å²) in [6.07, 6.45) is 0.978. The Hall–Kier alpha value is -1.85. The largest absolute Gasteiger partial charge is 0.492 e. The zero-order chi connectivity index (χ0) is 17.8. The van der Waals surface area contributed by atoms with Gasteiger partial charge in [-0.05, 0) is 56.5 Å². The first kappa shape index (κ1) is 18.0. The van der Waals surface area contributed by atoms with Crippen molar-refractivity contribution in [3.05, 3.63) is 51.7 Å². The lowest BCUT2D eigenvalue weighted by atomic mass is 10.1. The van der Waals surface area contributed by atoms with Crippen LogP contribution in [0.4, 0.5) is 0 Å². The Kier molecular flexibility index (Phi) is 5.76. The Balaban J connectivity index is 1.47. The van der Waals surface area contributed by atoms with Crippen LogP contribution in [0.25, 0.3) is 0 Å². The lowest BCUT2D eigenvalue weighted by Gasteiger charge is -2.32. The van der Waals surface area contributed by atoms with Crippen molar-refractivity contribution in [3.8, 4) is 5.75 Å². The number of benzene rings is 1. The first-order chi connectivity index (χ1) is 12.0. The van der Waals surface area contributed by atoms with Crippen LogP contribution in [0, 0.1) is 6.92 Å². The molecule has 0 N–H and O–H groups in total. The normalized spacial score (nSPS) is 15.1. The minimum Gasteiger partial charge on any atom is -0.492 e. The molecule has 0 fully saturated rings. The van der Waals surface area contributed by atoms with Crippen LogP contribution in [-0.4, -0.2) is 48.5 Å². The molecule has 1 unspecified atom stereocenters. The molecule has 1 aliphatic rings. The smallest absolute Gasteiger partial charge is 0.239 e. The first-order valence-corrected chi connectivity index (χ1v) is 9.66. The summed E-state index contributed by atoms with van der Waals surface area (Å²) >= 11 is 1.80. The quantitative estimate of drug-likeness (QED) is 0.794. The van der Waals surface area contributed by atoms with Gasteiger partial charge in [0.25, 0.3) is 0 Å². The lowest BCUT2D eigenvalue weighted by Crippen LogP contribution is -2.48. The second-order valence-electron chi connectivity index (χ2n) is 6.70. The predicted molar refractivity (Wildman–Crippen MR) is 102 cm³/mol. The van der Waals surface area contributed by atoms with E-state index in [4.69, 9.17) is 4.74 Å². The van der Waals surface area contributed by atoms with Gasteiger partial charge in [-0.2, -0.15) is 0 Å². The summed E-state index contributed by atoms with van der Waals surface area (Å²) in [5.41, 5.74) is 2.53. The average molecular weight is 359 g/mol. The molecule has 0 saturated heterocycles. The molecule has 0 radical (unpaired) electrons. The Labute approximate surface area is 154 Å². The van der Waals surface area contributed by atoms with Crippen molar-refractivity contribution in [2.75, 3.05) is 26.7 Å². The molecule has 0 aliphatic carbocycles. The Morgan fingerprint density at radius 3 is 2.84 bits per heavy atom. The molecule has 1 aliphatic heterocycles. The first-order valence-electron chi connectivity index (χ1n) is 8.78. The minimum absolute atomic E-state index is 0.137. The molecule has 134 valence electrons. The molecule has 1 amide bonds. The molecule has 1 aromatic carbocycles. The standard InChI is InChI=1S/C20H26N2O2S/c1-15-4-6-18(7-5-15)24-12-11-21(3)16(2)20(23)22-10-8-19-17(14-22)9-13-25-19/h4-7,9,13,16H,8,10-12,14H2,1-3H3. The molecule has 1 aromatic heterocycles. The van der Waals surface area contributed by atoms with Crippen LogP contribution in [-0.2, 0) is 17.8 Å². The van der Waals surface area contributed by atoms with E-state index in [9.17, 15) is 4.79 Å². The Morgan fingerprint density at radius 1 is 1.32 bits per heavy atom. The van der Waals surface area contributed by atoms with Gasteiger partial charge in [0.05, 0.1) is 6.04 Å². The number of rotatable bonds is 6. The molecule has 2 heterocycles. The van der Waals surface area contributed by atoms with Crippen LogP contribution >= 0.6 is 11.3 Å². The van der Waals surface area contributed by atoms with Gasteiger partial charge in [-0.3, -0.25) is 9.69 Å². The number of carbonyl (C=O) groups is 1. The zero-order valence-corrected chi connectivity index (χ0v) is 16.0. The molecule has 25 heavy (non-hydrogen) atoms. The van der Waals surface area contributed by atoms with Crippen molar-refractivity contribution in [3.63, 3.8) is 0 Å². The number of fused-ring (bicyclic) bond motifs is 1. The molecular weight excluding hydrogens is 332 g/mol. The highest BCUT2D eigenvalue weighted by atomic mass is 32.1.